The Kier molecular flexibility index (Phi) is 6.06. The van der Waals surface area contributed by atoms with Crippen molar-refractivity contribution < 1.29 is 0 Å². The Labute approximate surface area is 169 Å². The molecule has 0 aliphatic carbocycles. The second-order valence-electron chi connectivity index (χ2n) is 6.28. The van der Waals surface area contributed by atoms with Crippen LogP contribution in [0.1, 0.15) is 24.6 Å². The van der Waals surface area contributed by atoms with E-state index in [4.69, 9.17) is 12.2 Å². The van der Waals surface area contributed by atoms with Gasteiger partial charge in [0.05, 0.1) is 17.1 Å². The van der Waals surface area contributed by atoms with Gasteiger partial charge in [-0.15, -0.1) is 0 Å². The van der Waals surface area contributed by atoms with E-state index in [9.17, 15) is 4.79 Å². The molecule has 0 spiro atoms. The van der Waals surface area contributed by atoms with Gasteiger partial charge in [-0.1, -0.05) is 55.5 Å². The van der Waals surface area contributed by atoms with Crippen LogP contribution in [0.2, 0.25) is 0 Å². The van der Waals surface area contributed by atoms with E-state index in [1.165, 1.54) is 0 Å². The summed E-state index contributed by atoms with van der Waals surface area (Å²) in [7, 11) is 1.84. The summed E-state index contributed by atoms with van der Waals surface area (Å²) in [6.45, 7) is 3.90. The van der Waals surface area contributed by atoms with E-state index in [-0.39, 0.29) is 10.7 Å². The van der Waals surface area contributed by atoms with E-state index in [1.807, 2.05) is 81.6 Å². The van der Waals surface area contributed by atoms with Crippen LogP contribution in [0.3, 0.4) is 0 Å². The highest BCUT2D eigenvalue weighted by Gasteiger charge is 2.16. The topological polar surface area (TPSA) is 63.4 Å². The lowest BCUT2D eigenvalue weighted by atomic mass is 10.1. The van der Waals surface area contributed by atoms with Crippen molar-refractivity contribution in [1.29, 1.82) is 0 Å². The van der Waals surface area contributed by atoms with Crippen molar-refractivity contribution in [1.82, 2.24) is 14.8 Å². The van der Waals surface area contributed by atoms with Crippen molar-refractivity contribution in [2.75, 3.05) is 5.32 Å². The van der Waals surface area contributed by atoms with E-state index in [0.29, 0.717) is 5.69 Å². The Morgan fingerprint density at radius 2 is 1.68 bits per heavy atom. The highest BCUT2D eigenvalue weighted by Crippen LogP contribution is 2.13. The number of rotatable bonds is 5. The SMILES string of the molecule is CC/C(=N/NC(=S)Nc1c(C)n(C)n(-c2ccccc2)c1=O)c1ccccc1. The van der Waals surface area contributed by atoms with Gasteiger partial charge in [-0.25, -0.2) is 4.68 Å². The quantitative estimate of drug-likeness (QED) is 0.395. The molecule has 6 nitrogen and oxygen atoms in total. The van der Waals surface area contributed by atoms with Crippen molar-refractivity contribution in [2.45, 2.75) is 20.3 Å². The molecule has 3 aromatic rings. The molecule has 0 unspecified atom stereocenters. The van der Waals surface area contributed by atoms with Crippen LogP contribution >= 0.6 is 12.2 Å². The Bertz CT molecular complexity index is 1050. The first kappa shape index (κ1) is 19.6. The molecule has 0 bridgehead atoms. The number of nitrogens with zero attached hydrogens (tertiary/aromatic N) is 3. The molecular formula is C21H23N5OS. The maximum absolute atomic E-state index is 12.9. The van der Waals surface area contributed by atoms with Crippen molar-refractivity contribution in [3.05, 3.63) is 82.3 Å². The summed E-state index contributed by atoms with van der Waals surface area (Å²) in [6, 6.07) is 19.4. The molecule has 7 heteroatoms. The van der Waals surface area contributed by atoms with Crippen LogP contribution in [-0.4, -0.2) is 20.2 Å². The van der Waals surface area contributed by atoms with E-state index < -0.39 is 0 Å². The molecular weight excluding hydrogens is 370 g/mol. The summed E-state index contributed by atoms with van der Waals surface area (Å²) >= 11 is 5.35. The van der Waals surface area contributed by atoms with Crippen LogP contribution in [-0.2, 0) is 7.05 Å². The third kappa shape index (κ3) is 4.04. The van der Waals surface area contributed by atoms with Gasteiger partial charge in [0, 0.05) is 7.05 Å². The minimum absolute atomic E-state index is 0.168. The number of hydrogen-bond acceptors (Lipinski definition) is 3. The van der Waals surface area contributed by atoms with Gasteiger partial charge in [-0.2, -0.15) is 5.10 Å². The summed E-state index contributed by atoms with van der Waals surface area (Å²) in [4.78, 5) is 12.9. The molecule has 28 heavy (non-hydrogen) atoms. The number of hydrazone groups is 1. The Morgan fingerprint density at radius 3 is 2.29 bits per heavy atom. The molecule has 0 aliphatic heterocycles. The second kappa shape index (κ2) is 8.67. The first-order valence-electron chi connectivity index (χ1n) is 9.06. The first-order chi connectivity index (χ1) is 13.5. The fourth-order valence-corrected chi connectivity index (χ4v) is 3.10. The number of nitrogens with one attached hydrogen (secondary N) is 2. The van der Waals surface area contributed by atoms with Crippen LogP contribution in [0.4, 0.5) is 5.69 Å². The molecule has 1 aromatic heterocycles. The predicted molar refractivity (Wildman–Crippen MR) is 118 cm³/mol. The molecule has 144 valence electrons. The maximum atomic E-state index is 12.9. The molecule has 0 fully saturated rings. The zero-order chi connectivity index (χ0) is 20.1. The predicted octanol–water partition coefficient (Wildman–Crippen LogP) is 3.59. The minimum Gasteiger partial charge on any atom is -0.325 e. The number of anilines is 1. The zero-order valence-corrected chi connectivity index (χ0v) is 17.0. The lowest BCUT2D eigenvalue weighted by molar-refractivity contribution is 0.630. The summed E-state index contributed by atoms with van der Waals surface area (Å²) in [5, 5.41) is 7.67. The number of thiocarbonyl (C=S) groups is 1. The molecule has 0 aliphatic rings. The third-order valence-electron chi connectivity index (χ3n) is 4.53. The van der Waals surface area contributed by atoms with E-state index in [0.717, 1.165) is 29.1 Å². The number of benzene rings is 2. The van der Waals surface area contributed by atoms with Gasteiger partial charge in [0.1, 0.15) is 5.69 Å². The Morgan fingerprint density at radius 1 is 1.07 bits per heavy atom. The molecule has 0 atom stereocenters. The third-order valence-corrected chi connectivity index (χ3v) is 4.72. The summed E-state index contributed by atoms with van der Waals surface area (Å²) in [5.74, 6) is 0. The van der Waals surface area contributed by atoms with Crippen LogP contribution in [0, 0.1) is 6.92 Å². The normalized spacial score (nSPS) is 11.3. The molecule has 0 amide bonds. The lowest BCUT2D eigenvalue weighted by Gasteiger charge is -2.08. The highest BCUT2D eigenvalue weighted by atomic mass is 32.1. The zero-order valence-electron chi connectivity index (χ0n) is 16.1. The summed E-state index contributed by atoms with van der Waals surface area (Å²) in [6.07, 6.45) is 0.755. The average molecular weight is 394 g/mol. The molecule has 2 N–H and O–H groups in total. The van der Waals surface area contributed by atoms with Gasteiger partial charge in [0.15, 0.2) is 5.11 Å². The monoisotopic (exact) mass is 393 g/mol. The van der Waals surface area contributed by atoms with Gasteiger partial charge in [-0.3, -0.25) is 14.9 Å². The average Bonchev–Trinajstić information content (AvgIpc) is 2.93. The lowest BCUT2D eigenvalue weighted by Crippen LogP contribution is -2.28. The number of aromatic nitrogens is 2. The van der Waals surface area contributed by atoms with Crippen LogP contribution in [0.25, 0.3) is 5.69 Å². The molecule has 1 heterocycles. The number of hydrogen-bond donors (Lipinski definition) is 2. The Balaban J connectivity index is 1.82. The smallest absolute Gasteiger partial charge is 0.295 e. The fourth-order valence-electron chi connectivity index (χ4n) is 2.95. The van der Waals surface area contributed by atoms with E-state index in [2.05, 4.69) is 15.8 Å². The second-order valence-corrected chi connectivity index (χ2v) is 6.69. The van der Waals surface area contributed by atoms with Crippen molar-refractivity contribution in [2.24, 2.45) is 12.1 Å². The Hall–Kier alpha value is -3.19. The van der Waals surface area contributed by atoms with Crippen LogP contribution in [0.5, 0.6) is 0 Å². The van der Waals surface area contributed by atoms with Crippen LogP contribution < -0.4 is 16.3 Å². The fraction of sp³-hybridized carbons (Fsp3) is 0.190. The molecule has 3 rings (SSSR count). The first-order valence-corrected chi connectivity index (χ1v) is 9.46. The van der Waals surface area contributed by atoms with Gasteiger partial charge >= 0.3 is 0 Å². The largest absolute Gasteiger partial charge is 0.325 e. The molecule has 0 saturated carbocycles. The van der Waals surface area contributed by atoms with E-state index >= 15 is 0 Å². The standard InChI is InChI=1S/C21H23N5OS/c1-4-18(16-11-7-5-8-12-16)23-24-21(28)22-19-15(2)25(3)26(20(19)27)17-13-9-6-10-14-17/h5-14H,4H2,1-3H3,(H2,22,24,28)/b23-18-. The van der Waals surface area contributed by atoms with Gasteiger partial charge in [0.2, 0.25) is 0 Å². The summed E-state index contributed by atoms with van der Waals surface area (Å²) < 4.78 is 3.40. The van der Waals surface area contributed by atoms with E-state index in [1.54, 1.807) is 9.36 Å². The highest BCUT2D eigenvalue weighted by molar-refractivity contribution is 7.80. The number of para-hydroxylation sites is 1. The van der Waals surface area contributed by atoms with Gasteiger partial charge < -0.3 is 5.32 Å². The maximum Gasteiger partial charge on any atom is 0.295 e. The van der Waals surface area contributed by atoms with Gasteiger partial charge in [0.25, 0.3) is 5.56 Å². The molecule has 0 saturated heterocycles. The molecule has 2 aromatic carbocycles. The minimum atomic E-state index is -0.168. The van der Waals surface area contributed by atoms with Crippen LogP contribution in [0.15, 0.2) is 70.6 Å². The van der Waals surface area contributed by atoms with Gasteiger partial charge in [-0.05, 0) is 43.3 Å². The van der Waals surface area contributed by atoms with Crippen molar-refractivity contribution in [3.63, 3.8) is 0 Å². The van der Waals surface area contributed by atoms with Crippen molar-refractivity contribution >= 4 is 28.7 Å². The summed E-state index contributed by atoms with van der Waals surface area (Å²) in [5.41, 5.74) is 6.60. The van der Waals surface area contributed by atoms with Crippen molar-refractivity contribution in [3.8, 4) is 5.69 Å². The molecule has 0 radical (unpaired) electrons.